The first kappa shape index (κ1) is 22.4. The summed E-state index contributed by atoms with van der Waals surface area (Å²) >= 11 is 0. The van der Waals surface area contributed by atoms with Crippen LogP contribution >= 0.6 is 24.0 Å². The molecule has 2 N–H and O–H groups in total. The van der Waals surface area contributed by atoms with E-state index in [1.54, 1.807) is 7.05 Å². The molecule has 8 nitrogen and oxygen atoms in total. The zero-order valence-corrected chi connectivity index (χ0v) is 18.1. The second kappa shape index (κ2) is 11.1. The van der Waals surface area contributed by atoms with E-state index in [0.717, 1.165) is 30.9 Å². The summed E-state index contributed by atoms with van der Waals surface area (Å²) in [7, 11) is 1.70. The van der Waals surface area contributed by atoms with E-state index in [4.69, 9.17) is 0 Å². The zero-order valence-electron chi connectivity index (χ0n) is 15.7. The number of aromatic nitrogens is 2. The number of nitrogens with zero attached hydrogens (tertiary/aromatic N) is 4. The van der Waals surface area contributed by atoms with Gasteiger partial charge in [0.25, 0.3) is 0 Å². The van der Waals surface area contributed by atoms with Gasteiger partial charge in [-0.15, -0.1) is 24.0 Å². The van der Waals surface area contributed by atoms with E-state index in [1.165, 1.54) is 4.90 Å². The summed E-state index contributed by atoms with van der Waals surface area (Å²) in [6.45, 7) is 6.53. The van der Waals surface area contributed by atoms with E-state index >= 15 is 0 Å². The monoisotopic (exact) mass is 476 g/mol. The van der Waals surface area contributed by atoms with Crippen molar-refractivity contribution in [3.8, 4) is 0 Å². The summed E-state index contributed by atoms with van der Waals surface area (Å²) < 4.78 is 2.00. The summed E-state index contributed by atoms with van der Waals surface area (Å²) in [5.41, 5.74) is 2.20. The molecule has 0 radical (unpaired) electrons. The molecule has 1 saturated heterocycles. The van der Waals surface area contributed by atoms with Crippen molar-refractivity contribution in [2.75, 3.05) is 26.7 Å². The molecule has 2 rings (SSSR count). The van der Waals surface area contributed by atoms with Crippen LogP contribution in [-0.4, -0.2) is 59.1 Å². The molecule has 26 heavy (non-hydrogen) atoms. The third-order valence-electron chi connectivity index (χ3n) is 4.18. The molecule has 1 aliphatic rings. The normalized spacial score (nSPS) is 15.0. The van der Waals surface area contributed by atoms with E-state index in [2.05, 4.69) is 33.7 Å². The molecule has 0 unspecified atom stereocenters. The molecule has 1 aromatic rings. The molecule has 0 spiro atoms. The number of nitrogens with one attached hydrogen (secondary N) is 2. The molecule has 1 aliphatic heterocycles. The molecule has 0 aromatic carbocycles. The Kier molecular flexibility index (Phi) is 9.60. The first-order valence-electron chi connectivity index (χ1n) is 8.80. The van der Waals surface area contributed by atoms with Crippen molar-refractivity contribution < 1.29 is 9.59 Å². The Morgan fingerprint density at radius 3 is 2.38 bits per heavy atom. The Bertz CT molecular complexity index is 627. The molecule has 0 atom stereocenters. The highest BCUT2D eigenvalue weighted by Gasteiger charge is 2.25. The average molecular weight is 476 g/mol. The Labute approximate surface area is 171 Å². The lowest BCUT2D eigenvalue weighted by atomic mass is 10.1. The molecule has 146 valence electrons. The molecule has 2 amide bonds. The van der Waals surface area contributed by atoms with Crippen LogP contribution < -0.4 is 10.6 Å². The quantitative estimate of drug-likeness (QED) is 0.203. The molecule has 0 bridgehead atoms. The maximum atomic E-state index is 11.7. The summed E-state index contributed by atoms with van der Waals surface area (Å²) in [5.74, 6) is 0.516. The highest BCUT2D eigenvalue weighted by atomic mass is 127. The fraction of sp³-hybridized carbons (Fsp3) is 0.647. The average Bonchev–Trinajstić information content (AvgIpc) is 2.89. The number of rotatable bonds is 7. The molecule has 9 heteroatoms. The first-order chi connectivity index (χ1) is 12.0. The minimum atomic E-state index is -0.0779. The Balaban J connectivity index is 0.00000338. The van der Waals surface area contributed by atoms with Gasteiger partial charge < -0.3 is 10.6 Å². The number of carbonyl (C=O) groups is 2. The van der Waals surface area contributed by atoms with Crippen LogP contribution in [0, 0.1) is 13.8 Å². The number of amides is 2. The van der Waals surface area contributed by atoms with Crippen molar-refractivity contribution >= 4 is 41.8 Å². The highest BCUT2D eigenvalue weighted by molar-refractivity contribution is 14.0. The number of likely N-dealkylation sites (tertiary alicyclic amines) is 1. The Hall–Kier alpha value is -1.65. The van der Waals surface area contributed by atoms with Gasteiger partial charge in [0.05, 0.1) is 5.69 Å². The SMILES string of the molecule is CN=C(NCCCn1nc(C)cc1C)NCCN1C(=O)CCCC1=O.I. The third-order valence-corrected chi connectivity index (χ3v) is 4.18. The summed E-state index contributed by atoms with van der Waals surface area (Å²) in [6.07, 6.45) is 2.52. The maximum Gasteiger partial charge on any atom is 0.229 e. The van der Waals surface area contributed by atoms with Gasteiger partial charge in [0.15, 0.2) is 5.96 Å². The molecule has 1 fully saturated rings. The minimum Gasteiger partial charge on any atom is -0.356 e. The number of aryl methyl sites for hydroxylation is 3. The number of aliphatic imine (C=N–C) groups is 1. The lowest BCUT2D eigenvalue weighted by molar-refractivity contribution is -0.147. The van der Waals surface area contributed by atoms with E-state index < -0.39 is 0 Å². The van der Waals surface area contributed by atoms with Gasteiger partial charge in [0, 0.05) is 51.8 Å². The molecule has 2 heterocycles. The van der Waals surface area contributed by atoms with Crippen LogP contribution in [-0.2, 0) is 16.1 Å². The van der Waals surface area contributed by atoms with Crippen LogP contribution in [0.3, 0.4) is 0 Å². The van der Waals surface area contributed by atoms with Gasteiger partial charge in [-0.25, -0.2) is 0 Å². The largest absolute Gasteiger partial charge is 0.356 e. The zero-order chi connectivity index (χ0) is 18.2. The van der Waals surface area contributed by atoms with Crippen molar-refractivity contribution in [1.82, 2.24) is 25.3 Å². The van der Waals surface area contributed by atoms with Crippen LogP contribution in [0.2, 0.25) is 0 Å². The molecule has 0 aliphatic carbocycles. The summed E-state index contributed by atoms with van der Waals surface area (Å²) in [5, 5.41) is 10.8. The van der Waals surface area contributed by atoms with Gasteiger partial charge in [-0.1, -0.05) is 0 Å². The number of halogens is 1. The molecule has 0 saturated carbocycles. The standard InChI is InChI=1S/C17H28N6O2.HI/c1-13-12-14(2)23(21-13)10-5-8-19-17(18-3)20-9-11-22-15(24)6-4-7-16(22)25;/h12H,4-11H2,1-3H3,(H2,18,19,20);1H. The van der Waals surface area contributed by atoms with Crippen LogP contribution in [0.1, 0.15) is 37.1 Å². The van der Waals surface area contributed by atoms with Crippen molar-refractivity contribution in [3.63, 3.8) is 0 Å². The van der Waals surface area contributed by atoms with Crippen molar-refractivity contribution in [3.05, 3.63) is 17.5 Å². The van der Waals surface area contributed by atoms with Crippen LogP contribution in [0.25, 0.3) is 0 Å². The van der Waals surface area contributed by atoms with E-state index in [1.807, 2.05) is 11.6 Å². The van der Waals surface area contributed by atoms with Crippen LogP contribution in [0.15, 0.2) is 11.1 Å². The van der Waals surface area contributed by atoms with Crippen LogP contribution in [0.5, 0.6) is 0 Å². The summed E-state index contributed by atoms with van der Waals surface area (Å²) in [6, 6.07) is 2.07. The smallest absolute Gasteiger partial charge is 0.229 e. The highest BCUT2D eigenvalue weighted by Crippen LogP contribution is 2.11. The van der Waals surface area contributed by atoms with E-state index in [-0.39, 0.29) is 35.8 Å². The number of guanidine groups is 1. The van der Waals surface area contributed by atoms with Gasteiger partial charge in [-0.2, -0.15) is 5.10 Å². The molecular weight excluding hydrogens is 447 g/mol. The number of hydrogen-bond acceptors (Lipinski definition) is 4. The van der Waals surface area contributed by atoms with Gasteiger partial charge in [0.1, 0.15) is 0 Å². The predicted octanol–water partition coefficient (Wildman–Crippen LogP) is 1.21. The second-order valence-electron chi connectivity index (χ2n) is 6.22. The molecular formula is C17H29IN6O2. The maximum absolute atomic E-state index is 11.7. The van der Waals surface area contributed by atoms with E-state index in [9.17, 15) is 9.59 Å². The van der Waals surface area contributed by atoms with Crippen molar-refractivity contribution in [1.29, 1.82) is 0 Å². The van der Waals surface area contributed by atoms with Gasteiger partial charge in [-0.3, -0.25) is 24.2 Å². The predicted molar refractivity (Wildman–Crippen MR) is 112 cm³/mol. The first-order valence-corrected chi connectivity index (χ1v) is 8.80. The number of piperidine rings is 1. The van der Waals surface area contributed by atoms with Crippen LogP contribution in [0.4, 0.5) is 0 Å². The number of carbonyl (C=O) groups excluding carboxylic acids is 2. The van der Waals surface area contributed by atoms with Crippen molar-refractivity contribution in [2.24, 2.45) is 4.99 Å². The number of imide groups is 1. The fourth-order valence-electron chi connectivity index (χ4n) is 2.89. The van der Waals surface area contributed by atoms with Crippen molar-refractivity contribution in [2.45, 2.75) is 46.1 Å². The van der Waals surface area contributed by atoms with Gasteiger partial charge in [0.2, 0.25) is 11.8 Å². The fourth-order valence-corrected chi connectivity index (χ4v) is 2.89. The Morgan fingerprint density at radius 1 is 1.15 bits per heavy atom. The summed E-state index contributed by atoms with van der Waals surface area (Å²) in [4.78, 5) is 29.0. The van der Waals surface area contributed by atoms with Gasteiger partial charge in [-0.05, 0) is 32.8 Å². The minimum absolute atomic E-state index is 0. The Morgan fingerprint density at radius 2 is 1.81 bits per heavy atom. The third kappa shape index (κ3) is 6.58. The lowest BCUT2D eigenvalue weighted by Crippen LogP contribution is -2.46. The molecule has 1 aromatic heterocycles. The topological polar surface area (TPSA) is 91.6 Å². The van der Waals surface area contributed by atoms with Gasteiger partial charge >= 0.3 is 0 Å². The number of hydrogen-bond donors (Lipinski definition) is 2. The second-order valence-corrected chi connectivity index (χ2v) is 6.22. The van der Waals surface area contributed by atoms with E-state index in [0.29, 0.717) is 38.3 Å². The lowest BCUT2D eigenvalue weighted by Gasteiger charge is -2.25.